The Hall–Kier alpha value is -4.61. The third kappa shape index (κ3) is 5.81. The van der Waals surface area contributed by atoms with Crippen LogP contribution in [0.1, 0.15) is 29.2 Å². The van der Waals surface area contributed by atoms with Gasteiger partial charge in [0.2, 0.25) is 11.7 Å². The van der Waals surface area contributed by atoms with Crippen molar-refractivity contribution in [2.24, 2.45) is 0 Å². The lowest BCUT2D eigenvalue weighted by molar-refractivity contribution is -0.131. The summed E-state index contributed by atoms with van der Waals surface area (Å²) in [7, 11) is 1.83. The van der Waals surface area contributed by atoms with Gasteiger partial charge in [0.1, 0.15) is 0 Å². The second-order valence-electron chi connectivity index (χ2n) is 10.5. The second-order valence-corrected chi connectivity index (χ2v) is 10.5. The topological polar surface area (TPSA) is 133 Å². The number of carbonyl (C=O) groups excluding carboxylic acids is 1. The standard InChI is InChI=1S/C30H31N7O4/c1-35(26(22-5-3-2-4-6-22)19-36-14-13-24(38)18-36)28(39)16-21-9-12-27-25(15-21)37(30(40)41-27)17-20-7-10-23(11-8-20)29-31-33-34-32-29/h2-12,15,24,26,38H,13-14,16-19H2,1H3,(H,31,32,33,34)/t24?,26-/m1/s1. The molecule has 3 heterocycles. The average Bonchev–Trinajstić information content (AvgIpc) is 3.74. The highest BCUT2D eigenvalue weighted by Gasteiger charge is 2.28. The van der Waals surface area contributed by atoms with Crippen LogP contribution in [0.3, 0.4) is 0 Å². The average molecular weight is 554 g/mol. The molecule has 1 fully saturated rings. The van der Waals surface area contributed by atoms with Crippen LogP contribution in [0.5, 0.6) is 0 Å². The molecule has 11 heteroatoms. The van der Waals surface area contributed by atoms with Crippen molar-refractivity contribution in [3.63, 3.8) is 0 Å². The van der Waals surface area contributed by atoms with E-state index in [1.54, 1.807) is 15.5 Å². The number of likely N-dealkylation sites (tertiary alicyclic amines) is 1. The summed E-state index contributed by atoms with van der Waals surface area (Å²) in [5, 5.41) is 24.0. The number of nitrogens with one attached hydrogen (secondary N) is 1. The number of rotatable bonds is 9. The molecule has 0 bridgehead atoms. The van der Waals surface area contributed by atoms with Gasteiger partial charge in [-0.1, -0.05) is 60.7 Å². The second kappa shape index (κ2) is 11.5. The third-order valence-electron chi connectivity index (χ3n) is 7.71. The zero-order valence-electron chi connectivity index (χ0n) is 22.7. The first kappa shape index (κ1) is 26.6. The molecular weight excluding hydrogens is 522 g/mol. The number of aliphatic hydroxyl groups is 1. The molecule has 1 unspecified atom stereocenters. The summed E-state index contributed by atoms with van der Waals surface area (Å²) in [5.74, 6) is 0.00135. The molecule has 1 saturated heterocycles. The Morgan fingerprint density at radius 2 is 1.90 bits per heavy atom. The molecule has 2 aromatic heterocycles. The highest BCUT2D eigenvalue weighted by atomic mass is 16.4. The van der Waals surface area contributed by atoms with Crippen LogP contribution < -0.4 is 5.76 Å². The van der Waals surface area contributed by atoms with E-state index in [0.717, 1.165) is 35.2 Å². The lowest BCUT2D eigenvalue weighted by Gasteiger charge is -2.32. The number of hydrogen-bond donors (Lipinski definition) is 2. The van der Waals surface area contributed by atoms with Gasteiger partial charge in [-0.2, -0.15) is 5.21 Å². The summed E-state index contributed by atoms with van der Waals surface area (Å²) in [5.41, 5.74) is 4.66. The highest BCUT2D eigenvalue weighted by molar-refractivity contribution is 5.81. The fourth-order valence-corrected chi connectivity index (χ4v) is 5.42. The molecule has 210 valence electrons. The van der Waals surface area contributed by atoms with Gasteiger partial charge >= 0.3 is 5.76 Å². The van der Waals surface area contributed by atoms with Crippen LogP contribution in [0.2, 0.25) is 0 Å². The number of aromatic amines is 1. The van der Waals surface area contributed by atoms with Crippen molar-refractivity contribution >= 4 is 17.0 Å². The molecule has 11 nitrogen and oxygen atoms in total. The normalized spacial score (nSPS) is 16.3. The van der Waals surface area contributed by atoms with Crippen molar-refractivity contribution in [1.29, 1.82) is 0 Å². The smallest absolute Gasteiger partial charge is 0.408 e. The van der Waals surface area contributed by atoms with Crippen molar-refractivity contribution < 1.29 is 14.3 Å². The largest absolute Gasteiger partial charge is 0.420 e. The molecule has 2 atom stereocenters. The zero-order chi connectivity index (χ0) is 28.3. The lowest BCUT2D eigenvalue weighted by atomic mass is 10.0. The summed E-state index contributed by atoms with van der Waals surface area (Å²) < 4.78 is 7.07. The predicted octanol–water partition coefficient (Wildman–Crippen LogP) is 2.63. The van der Waals surface area contributed by atoms with Gasteiger partial charge in [0.05, 0.1) is 30.6 Å². The first-order chi connectivity index (χ1) is 19.9. The fraction of sp³-hybridized carbons (Fsp3) is 0.300. The van der Waals surface area contributed by atoms with Crippen LogP contribution >= 0.6 is 0 Å². The molecule has 1 amide bonds. The Morgan fingerprint density at radius 1 is 1.12 bits per heavy atom. The zero-order valence-corrected chi connectivity index (χ0v) is 22.7. The van der Waals surface area contributed by atoms with E-state index in [9.17, 15) is 14.7 Å². The minimum absolute atomic E-state index is 0.0348. The SMILES string of the molecule is CN(C(=O)Cc1ccc2oc(=O)n(Cc3ccc(-c4nn[nH]n4)cc3)c2c1)[C@H](CN1CCC(O)C1)c1ccccc1. The lowest BCUT2D eigenvalue weighted by Crippen LogP contribution is -2.39. The van der Waals surface area contributed by atoms with Crippen LogP contribution in [0, 0.1) is 0 Å². The maximum Gasteiger partial charge on any atom is 0.420 e. The molecule has 2 N–H and O–H groups in total. The number of aromatic nitrogens is 5. The van der Waals surface area contributed by atoms with Gasteiger partial charge in [-0.3, -0.25) is 14.3 Å². The highest BCUT2D eigenvalue weighted by Crippen LogP contribution is 2.25. The Bertz CT molecular complexity index is 1680. The first-order valence-corrected chi connectivity index (χ1v) is 13.6. The van der Waals surface area contributed by atoms with Crippen LogP contribution in [0.4, 0.5) is 0 Å². The van der Waals surface area contributed by atoms with Crippen molar-refractivity contribution in [2.45, 2.75) is 31.5 Å². The van der Waals surface area contributed by atoms with Crippen molar-refractivity contribution in [1.82, 2.24) is 35.0 Å². The first-order valence-electron chi connectivity index (χ1n) is 13.6. The number of amides is 1. The van der Waals surface area contributed by atoms with Crippen molar-refractivity contribution in [3.8, 4) is 11.4 Å². The quantitative estimate of drug-likeness (QED) is 0.285. The molecular formula is C30H31N7O4. The van der Waals surface area contributed by atoms with E-state index < -0.39 is 5.76 Å². The number of tetrazole rings is 1. The van der Waals surface area contributed by atoms with E-state index in [1.165, 1.54) is 0 Å². The number of likely N-dealkylation sites (N-methyl/N-ethyl adjacent to an activating group) is 1. The fourth-order valence-electron chi connectivity index (χ4n) is 5.42. The third-order valence-corrected chi connectivity index (χ3v) is 7.71. The van der Waals surface area contributed by atoms with Crippen LogP contribution in [-0.2, 0) is 17.8 Å². The predicted molar refractivity (Wildman–Crippen MR) is 152 cm³/mol. The molecule has 6 rings (SSSR count). The molecule has 3 aromatic carbocycles. The number of fused-ring (bicyclic) bond motifs is 1. The van der Waals surface area contributed by atoms with E-state index >= 15 is 0 Å². The molecule has 0 spiro atoms. The van der Waals surface area contributed by atoms with Crippen molar-refractivity contribution in [3.05, 3.63) is 100 Å². The molecule has 0 radical (unpaired) electrons. The van der Waals surface area contributed by atoms with Crippen molar-refractivity contribution in [2.75, 3.05) is 26.7 Å². The summed E-state index contributed by atoms with van der Waals surface area (Å²) in [6.07, 6.45) is 0.598. The Labute approximate surface area is 236 Å². The molecule has 0 aliphatic carbocycles. The van der Waals surface area contributed by atoms with E-state index in [4.69, 9.17) is 4.42 Å². The van der Waals surface area contributed by atoms with E-state index in [-0.39, 0.29) is 24.5 Å². The monoisotopic (exact) mass is 553 g/mol. The van der Waals surface area contributed by atoms with E-state index in [1.807, 2.05) is 73.8 Å². The number of carbonyl (C=O) groups is 1. The summed E-state index contributed by atoms with van der Waals surface area (Å²) in [6.45, 7) is 2.38. The number of benzene rings is 3. The van der Waals surface area contributed by atoms with Crippen LogP contribution in [0.25, 0.3) is 22.5 Å². The number of oxazole rings is 1. The van der Waals surface area contributed by atoms with Gasteiger partial charge in [0, 0.05) is 32.2 Å². The summed E-state index contributed by atoms with van der Waals surface area (Å²) >= 11 is 0. The number of nitrogens with zero attached hydrogens (tertiary/aromatic N) is 6. The number of hydrogen-bond acceptors (Lipinski definition) is 8. The number of aliphatic hydroxyl groups excluding tert-OH is 1. The Balaban J connectivity index is 1.21. The van der Waals surface area contributed by atoms with Gasteiger partial charge in [0.25, 0.3) is 0 Å². The maximum atomic E-state index is 13.6. The molecule has 0 saturated carbocycles. The minimum Gasteiger partial charge on any atom is -0.408 e. The number of β-amino-alcohol motifs (C(OH)–C–C–N with tert-alkyl or cyclic N) is 1. The van der Waals surface area contributed by atoms with Crippen LogP contribution in [0.15, 0.2) is 82.0 Å². The van der Waals surface area contributed by atoms with Gasteiger partial charge in [-0.05, 0) is 40.5 Å². The Morgan fingerprint density at radius 3 is 2.61 bits per heavy atom. The maximum absolute atomic E-state index is 13.6. The summed E-state index contributed by atoms with van der Waals surface area (Å²) in [4.78, 5) is 30.3. The van der Waals surface area contributed by atoms with E-state index in [0.29, 0.717) is 36.6 Å². The van der Waals surface area contributed by atoms with Gasteiger partial charge in [-0.15, -0.1) is 10.2 Å². The van der Waals surface area contributed by atoms with E-state index in [2.05, 4.69) is 25.5 Å². The minimum atomic E-state index is -0.459. The molecule has 1 aliphatic rings. The van der Waals surface area contributed by atoms with Gasteiger partial charge in [-0.25, -0.2) is 4.79 Å². The van der Waals surface area contributed by atoms with Gasteiger partial charge in [0.15, 0.2) is 5.58 Å². The number of H-pyrrole nitrogens is 1. The molecule has 1 aliphatic heterocycles. The Kier molecular flexibility index (Phi) is 7.45. The van der Waals surface area contributed by atoms with Gasteiger partial charge < -0.3 is 14.4 Å². The molecule has 5 aromatic rings. The summed E-state index contributed by atoms with van der Waals surface area (Å²) in [6, 6.07) is 22.8. The van der Waals surface area contributed by atoms with Crippen LogP contribution in [-0.4, -0.2) is 78.8 Å². The molecule has 41 heavy (non-hydrogen) atoms.